The zero-order valence-corrected chi connectivity index (χ0v) is 17.5. The van der Waals surface area contributed by atoms with E-state index in [2.05, 4.69) is 0 Å². The molecule has 2 aliphatic rings. The number of esters is 1. The molecule has 0 radical (unpaired) electrons. The fraction of sp³-hybridized carbons (Fsp3) is 0.333. The lowest BCUT2D eigenvalue weighted by atomic mass is 10.1. The summed E-state index contributed by atoms with van der Waals surface area (Å²) in [5.74, 6) is -1.20. The number of hydrogen-bond acceptors (Lipinski definition) is 5. The molecule has 0 aromatic heterocycles. The van der Waals surface area contributed by atoms with Crippen LogP contribution in [0.3, 0.4) is 0 Å². The Hall–Kier alpha value is -3.48. The number of likely N-dealkylation sites (tertiary alicyclic amines) is 1. The third-order valence-electron chi connectivity index (χ3n) is 5.92. The molecule has 0 N–H and O–H groups in total. The lowest BCUT2D eigenvalue weighted by Crippen LogP contribution is -2.30. The lowest BCUT2D eigenvalue weighted by Gasteiger charge is -2.25. The molecule has 2 aromatic carbocycles. The fourth-order valence-corrected chi connectivity index (χ4v) is 4.16. The second-order valence-corrected chi connectivity index (χ2v) is 8.03. The van der Waals surface area contributed by atoms with Crippen molar-refractivity contribution in [2.75, 3.05) is 11.4 Å². The standard InChI is InChI=1S/C24H24N2O5/c1-15-12-19(8-9-20(15)26-21(27)10-11-22(26)28)31-24(30)18-13-23(29)25(14-18)16(2)17-6-4-3-5-7-17/h3-9,12,16,18H,10-11,13-14H2,1-2H3/t16-,18+/m0/s1. The number of hydrogen-bond donors (Lipinski definition) is 0. The third kappa shape index (κ3) is 4.08. The SMILES string of the molecule is Cc1cc(OC(=O)[C@@H]2CC(=O)N([C@@H](C)c3ccccc3)C2)ccc1N1C(=O)CCC1=O. The Labute approximate surface area is 180 Å². The van der Waals surface area contributed by atoms with E-state index in [1.165, 1.54) is 4.90 Å². The van der Waals surface area contributed by atoms with E-state index in [0.717, 1.165) is 5.56 Å². The minimum Gasteiger partial charge on any atom is -0.426 e. The van der Waals surface area contributed by atoms with Gasteiger partial charge in [-0.2, -0.15) is 0 Å². The Balaban J connectivity index is 1.43. The minimum absolute atomic E-state index is 0.0733. The first-order valence-corrected chi connectivity index (χ1v) is 10.4. The molecule has 7 heteroatoms. The number of nitrogens with zero attached hydrogens (tertiary/aromatic N) is 2. The molecule has 2 aromatic rings. The minimum atomic E-state index is -0.541. The number of benzene rings is 2. The molecular formula is C24H24N2O5. The van der Waals surface area contributed by atoms with Crippen LogP contribution in [0.25, 0.3) is 0 Å². The van der Waals surface area contributed by atoms with Gasteiger partial charge in [-0.15, -0.1) is 0 Å². The van der Waals surface area contributed by atoms with E-state index >= 15 is 0 Å². The summed E-state index contributed by atoms with van der Waals surface area (Å²) in [6.45, 7) is 4.01. The van der Waals surface area contributed by atoms with Crippen LogP contribution in [0.1, 0.15) is 43.4 Å². The molecule has 0 unspecified atom stereocenters. The summed E-state index contributed by atoms with van der Waals surface area (Å²) in [6, 6.07) is 14.4. The Morgan fingerprint density at radius 2 is 1.68 bits per heavy atom. The van der Waals surface area contributed by atoms with Gasteiger partial charge in [0.05, 0.1) is 17.6 Å². The third-order valence-corrected chi connectivity index (χ3v) is 5.92. The quantitative estimate of drug-likeness (QED) is 0.421. The van der Waals surface area contributed by atoms with E-state index < -0.39 is 11.9 Å². The highest BCUT2D eigenvalue weighted by molar-refractivity contribution is 6.20. The fourth-order valence-electron chi connectivity index (χ4n) is 4.16. The van der Waals surface area contributed by atoms with Crippen molar-refractivity contribution in [3.8, 4) is 5.75 Å². The van der Waals surface area contributed by atoms with Crippen LogP contribution >= 0.6 is 0 Å². The summed E-state index contributed by atoms with van der Waals surface area (Å²) in [7, 11) is 0. The van der Waals surface area contributed by atoms with Crippen LogP contribution in [-0.2, 0) is 19.2 Å². The maximum atomic E-state index is 12.7. The van der Waals surface area contributed by atoms with Crippen molar-refractivity contribution in [1.82, 2.24) is 4.90 Å². The second kappa shape index (κ2) is 8.34. The topological polar surface area (TPSA) is 84.0 Å². The molecule has 7 nitrogen and oxygen atoms in total. The average Bonchev–Trinajstić information content (AvgIpc) is 3.30. The van der Waals surface area contributed by atoms with E-state index in [1.807, 2.05) is 37.3 Å². The van der Waals surface area contributed by atoms with Crippen LogP contribution < -0.4 is 9.64 Å². The number of imide groups is 1. The molecule has 2 heterocycles. The summed E-state index contributed by atoms with van der Waals surface area (Å²) in [6.07, 6.45) is 0.537. The predicted octanol–water partition coefficient (Wildman–Crippen LogP) is 3.16. The van der Waals surface area contributed by atoms with E-state index in [1.54, 1.807) is 30.0 Å². The van der Waals surface area contributed by atoms with Gasteiger partial charge >= 0.3 is 5.97 Å². The number of aryl methyl sites for hydroxylation is 1. The molecule has 0 spiro atoms. The summed E-state index contributed by atoms with van der Waals surface area (Å²) < 4.78 is 5.53. The van der Waals surface area contributed by atoms with Gasteiger partial charge in [0.2, 0.25) is 17.7 Å². The molecule has 2 fully saturated rings. The smallest absolute Gasteiger partial charge is 0.316 e. The number of ether oxygens (including phenoxy) is 1. The van der Waals surface area contributed by atoms with Crippen molar-refractivity contribution < 1.29 is 23.9 Å². The van der Waals surface area contributed by atoms with Gasteiger partial charge < -0.3 is 9.64 Å². The van der Waals surface area contributed by atoms with Gasteiger partial charge in [0.15, 0.2) is 0 Å². The Morgan fingerprint density at radius 3 is 2.32 bits per heavy atom. The number of amides is 3. The van der Waals surface area contributed by atoms with Crippen LogP contribution in [0, 0.1) is 12.8 Å². The molecule has 0 saturated carbocycles. The van der Waals surface area contributed by atoms with Crippen molar-refractivity contribution in [2.45, 2.75) is 39.2 Å². The average molecular weight is 420 g/mol. The maximum Gasteiger partial charge on any atom is 0.316 e. The van der Waals surface area contributed by atoms with E-state index in [4.69, 9.17) is 4.74 Å². The van der Waals surface area contributed by atoms with Gasteiger partial charge in [0, 0.05) is 25.8 Å². The van der Waals surface area contributed by atoms with Crippen LogP contribution in [-0.4, -0.2) is 35.1 Å². The molecule has 3 amide bonds. The molecular weight excluding hydrogens is 396 g/mol. The first-order valence-electron chi connectivity index (χ1n) is 10.4. The summed E-state index contributed by atoms with van der Waals surface area (Å²) >= 11 is 0. The van der Waals surface area contributed by atoms with Gasteiger partial charge in [-0.1, -0.05) is 30.3 Å². The van der Waals surface area contributed by atoms with Crippen LogP contribution in [0.4, 0.5) is 5.69 Å². The zero-order chi connectivity index (χ0) is 22.1. The number of carbonyl (C=O) groups excluding carboxylic acids is 4. The van der Waals surface area contributed by atoms with Crippen molar-refractivity contribution in [3.63, 3.8) is 0 Å². The molecule has 0 bridgehead atoms. The van der Waals surface area contributed by atoms with Gasteiger partial charge in [-0.25, -0.2) is 0 Å². The van der Waals surface area contributed by atoms with E-state index in [9.17, 15) is 19.2 Å². The molecule has 2 aliphatic heterocycles. The normalized spacial score (nSPS) is 19.8. The van der Waals surface area contributed by atoms with Gasteiger partial charge in [-0.05, 0) is 43.2 Å². The summed E-state index contributed by atoms with van der Waals surface area (Å²) in [5, 5.41) is 0. The summed E-state index contributed by atoms with van der Waals surface area (Å²) in [5.41, 5.74) is 2.18. The van der Waals surface area contributed by atoms with Gasteiger partial charge in [-0.3, -0.25) is 24.1 Å². The van der Waals surface area contributed by atoms with E-state index in [-0.39, 0.29) is 43.0 Å². The maximum absolute atomic E-state index is 12.7. The second-order valence-electron chi connectivity index (χ2n) is 8.03. The zero-order valence-electron chi connectivity index (χ0n) is 17.5. The molecule has 31 heavy (non-hydrogen) atoms. The molecule has 0 aliphatic carbocycles. The van der Waals surface area contributed by atoms with Crippen molar-refractivity contribution in [2.24, 2.45) is 5.92 Å². The number of carbonyl (C=O) groups is 4. The predicted molar refractivity (Wildman–Crippen MR) is 113 cm³/mol. The summed E-state index contributed by atoms with van der Waals surface area (Å²) in [4.78, 5) is 52.1. The van der Waals surface area contributed by atoms with Crippen molar-refractivity contribution in [3.05, 3.63) is 59.7 Å². The van der Waals surface area contributed by atoms with Gasteiger partial charge in [0.25, 0.3) is 0 Å². The molecule has 2 atom stereocenters. The number of rotatable bonds is 5. The molecule has 160 valence electrons. The first-order chi connectivity index (χ1) is 14.8. The Morgan fingerprint density at radius 1 is 1.00 bits per heavy atom. The van der Waals surface area contributed by atoms with Crippen molar-refractivity contribution >= 4 is 29.4 Å². The monoisotopic (exact) mass is 420 g/mol. The highest BCUT2D eigenvalue weighted by Crippen LogP contribution is 2.31. The van der Waals surface area contributed by atoms with E-state index in [0.29, 0.717) is 23.5 Å². The van der Waals surface area contributed by atoms with Crippen LogP contribution in [0.15, 0.2) is 48.5 Å². The van der Waals surface area contributed by atoms with Gasteiger partial charge in [0.1, 0.15) is 5.75 Å². The highest BCUT2D eigenvalue weighted by atomic mass is 16.5. The Bertz CT molecular complexity index is 1030. The highest BCUT2D eigenvalue weighted by Gasteiger charge is 2.38. The first kappa shape index (κ1) is 20.8. The van der Waals surface area contributed by atoms with Crippen LogP contribution in [0.2, 0.25) is 0 Å². The van der Waals surface area contributed by atoms with Crippen molar-refractivity contribution in [1.29, 1.82) is 0 Å². The molecule has 4 rings (SSSR count). The lowest BCUT2D eigenvalue weighted by molar-refractivity contribution is -0.139. The number of anilines is 1. The van der Waals surface area contributed by atoms with Crippen LogP contribution in [0.5, 0.6) is 5.75 Å². The molecule has 2 saturated heterocycles. The largest absolute Gasteiger partial charge is 0.426 e. The Kier molecular flexibility index (Phi) is 5.59.